The summed E-state index contributed by atoms with van der Waals surface area (Å²) in [5.41, 5.74) is 2.76. The highest BCUT2D eigenvalue weighted by Crippen LogP contribution is 2.19. The van der Waals surface area contributed by atoms with Gasteiger partial charge in [0.05, 0.1) is 37.3 Å². The Balaban J connectivity index is 1.44. The van der Waals surface area contributed by atoms with E-state index in [9.17, 15) is 4.79 Å². The van der Waals surface area contributed by atoms with Crippen LogP contribution in [0.3, 0.4) is 0 Å². The van der Waals surface area contributed by atoms with E-state index in [0.29, 0.717) is 37.9 Å². The van der Waals surface area contributed by atoms with Crippen LogP contribution in [0.4, 0.5) is 5.95 Å². The lowest BCUT2D eigenvalue weighted by Gasteiger charge is -2.27. The summed E-state index contributed by atoms with van der Waals surface area (Å²) >= 11 is 0. The van der Waals surface area contributed by atoms with E-state index in [1.54, 1.807) is 35.7 Å². The van der Waals surface area contributed by atoms with Crippen LogP contribution in [0.5, 0.6) is 0 Å². The van der Waals surface area contributed by atoms with Crippen molar-refractivity contribution in [1.82, 2.24) is 24.6 Å². The SMILES string of the molecule is Cc1ccoc1C(=O)N1CCn2nc(CNc3ncccn3)cc2C1. The number of hydrogen-bond donors (Lipinski definition) is 1. The molecule has 0 fully saturated rings. The number of amides is 1. The second kappa shape index (κ2) is 6.39. The third kappa shape index (κ3) is 3.10. The van der Waals surface area contributed by atoms with Crippen molar-refractivity contribution in [1.29, 1.82) is 0 Å². The van der Waals surface area contributed by atoms with Gasteiger partial charge in [0.1, 0.15) is 0 Å². The van der Waals surface area contributed by atoms with Crippen molar-refractivity contribution >= 4 is 11.9 Å². The molecule has 8 heteroatoms. The molecule has 0 atom stereocenters. The van der Waals surface area contributed by atoms with E-state index in [1.807, 2.05) is 17.7 Å². The van der Waals surface area contributed by atoms with E-state index in [1.165, 1.54) is 0 Å². The van der Waals surface area contributed by atoms with Gasteiger partial charge in [0.2, 0.25) is 5.95 Å². The molecule has 1 aliphatic rings. The number of furan rings is 1. The Kier molecular flexibility index (Phi) is 3.93. The summed E-state index contributed by atoms with van der Waals surface area (Å²) in [6.45, 7) is 4.22. The maximum absolute atomic E-state index is 12.6. The van der Waals surface area contributed by atoms with Crippen molar-refractivity contribution in [2.75, 3.05) is 11.9 Å². The van der Waals surface area contributed by atoms with Gasteiger partial charge in [-0.05, 0) is 25.1 Å². The van der Waals surface area contributed by atoms with Crippen molar-refractivity contribution in [3.05, 3.63) is 59.6 Å². The fourth-order valence-electron chi connectivity index (χ4n) is 2.88. The van der Waals surface area contributed by atoms with Gasteiger partial charge in [0, 0.05) is 24.5 Å². The predicted octanol–water partition coefficient (Wildman–Crippen LogP) is 1.84. The molecule has 1 N–H and O–H groups in total. The molecule has 128 valence electrons. The van der Waals surface area contributed by atoms with Gasteiger partial charge in [0.25, 0.3) is 5.91 Å². The number of anilines is 1. The standard InChI is InChI=1S/C17H18N6O2/c1-12-3-8-25-15(12)16(24)22-6-7-23-14(11-22)9-13(21-23)10-20-17-18-4-2-5-19-17/h2-5,8-9H,6-7,10-11H2,1H3,(H,18,19,20). The third-order valence-electron chi connectivity index (χ3n) is 4.19. The van der Waals surface area contributed by atoms with E-state index >= 15 is 0 Å². The zero-order chi connectivity index (χ0) is 17.2. The minimum Gasteiger partial charge on any atom is -0.459 e. The highest BCUT2D eigenvalue weighted by molar-refractivity contribution is 5.92. The molecule has 0 aliphatic carbocycles. The zero-order valence-electron chi connectivity index (χ0n) is 13.8. The van der Waals surface area contributed by atoms with Gasteiger partial charge in [-0.3, -0.25) is 9.48 Å². The first kappa shape index (κ1) is 15.4. The molecule has 25 heavy (non-hydrogen) atoms. The van der Waals surface area contributed by atoms with Crippen molar-refractivity contribution in [3.63, 3.8) is 0 Å². The highest BCUT2D eigenvalue weighted by atomic mass is 16.3. The van der Waals surface area contributed by atoms with Crippen LogP contribution in [0.2, 0.25) is 0 Å². The second-order valence-electron chi connectivity index (χ2n) is 5.94. The molecule has 0 aromatic carbocycles. The molecule has 3 aromatic heterocycles. The summed E-state index contributed by atoms with van der Waals surface area (Å²) < 4.78 is 7.27. The smallest absolute Gasteiger partial charge is 0.290 e. The maximum Gasteiger partial charge on any atom is 0.290 e. The van der Waals surface area contributed by atoms with Crippen LogP contribution in [0, 0.1) is 6.92 Å². The summed E-state index contributed by atoms with van der Waals surface area (Å²) in [5, 5.41) is 7.72. The minimum absolute atomic E-state index is 0.0766. The van der Waals surface area contributed by atoms with Crippen LogP contribution >= 0.6 is 0 Å². The second-order valence-corrected chi connectivity index (χ2v) is 5.94. The lowest BCUT2D eigenvalue weighted by Crippen LogP contribution is -2.38. The number of carbonyl (C=O) groups is 1. The molecule has 8 nitrogen and oxygen atoms in total. The minimum atomic E-state index is -0.0766. The largest absolute Gasteiger partial charge is 0.459 e. The first-order valence-corrected chi connectivity index (χ1v) is 8.10. The molecule has 4 rings (SSSR count). The molecular weight excluding hydrogens is 320 g/mol. The van der Waals surface area contributed by atoms with E-state index in [0.717, 1.165) is 17.0 Å². The summed E-state index contributed by atoms with van der Waals surface area (Å²) in [7, 11) is 0. The topological polar surface area (TPSA) is 89.1 Å². The first-order chi connectivity index (χ1) is 12.2. The summed E-state index contributed by atoms with van der Waals surface area (Å²) in [6, 6.07) is 5.58. The molecule has 0 saturated heterocycles. The quantitative estimate of drug-likeness (QED) is 0.781. The van der Waals surface area contributed by atoms with Crippen molar-refractivity contribution in [3.8, 4) is 0 Å². The number of carbonyl (C=O) groups excluding carboxylic acids is 1. The molecule has 0 saturated carbocycles. The summed E-state index contributed by atoms with van der Waals surface area (Å²) in [6.07, 6.45) is 4.92. The number of nitrogens with one attached hydrogen (secondary N) is 1. The van der Waals surface area contributed by atoms with Crippen molar-refractivity contribution in [2.45, 2.75) is 26.6 Å². The average molecular weight is 338 g/mol. The van der Waals surface area contributed by atoms with E-state index in [-0.39, 0.29) is 5.91 Å². The highest BCUT2D eigenvalue weighted by Gasteiger charge is 2.25. The Morgan fingerprint density at radius 3 is 2.92 bits per heavy atom. The number of rotatable bonds is 4. The monoisotopic (exact) mass is 338 g/mol. The van der Waals surface area contributed by atoms with Gasteiger partial charge in [-0.25, -0.2) is 9.97 Å². The third-order valence-corrected chi connectivity index (χ3v) is 4.19. The van der Waals surface area contributed by atoms with E-state index in [4.69, 9.17) is 4.42 Å². The van der Waals surface area contributed by atoms with Gasteiger partial charge >= 0.3 is 0 Å². The molecule has 3 aromatic rings. The van der Waals surface area contributed by atoms with Crippen LogP contribution in [0.25, 0.3) is 0 Å². The van der Waals surface area contributed by atoms with Crippen LogP contribution in [0.1, 0.15) is 27.5 Å². The molecule has 1 amide bonds. The fraction of sp³-hybridized carbons (Fsp3) is 0.294. The Morgan fingerprint density at radius 2 is 2.16 bits per heavy atom. The van der Waals surface area contributed by atoms with Crippen LogP contribution in [0.15, 0.2) is 41.3 Å². The summed E-state index contributed by atoms with van der Waals surface area (Å²) in [4.78, 5) is 22.6. The predicted molar refractivity (Wildman–Crippen MR) is 89.8 cm³/mol. The Labute approximate surface area is 144 Å². The van der Waals surface area contributed by atoms with Crippen LogP contribution in [-0.4, -0.2) is 37.1 Å². The van der Waals surface area contributed by atoms with Gasteiger partial charge < -0.3 is 14.6 Å². The lowest BCUT2D eigenvalue weighted by molar-refractivity contribution is 0.0672. The Morgan fingerprint density at radius 1 is 1.32 bits per heavy atom. The maximum atomic E-state index is 12.6. The van der Waals surface area contributed by atoms with Crippen LogP contribution in [-0.2, 0) is 19.6 Å². The number of fused-ring (bicyclic) bond motifs is 1. The lowest BCUT2D eigenvalue weighted by atomic mass is 10.2. The van der Waals surface area contributed by atoms with Gasteiger partial charge in [0.15, 0.2) is 5.76 Å². The normalized spacial score (nSPS) is 13.6. The molecule has 0 radical (unpaired) electrons. The van der Waals surface area contributed by atoms with Gasteiger partial charge in [-0.2, -0.15) is 5.10 Å². The number of hydrogen-bond acceptors (Lipinski definition) is 6. The Hall–Kier alpha value is -3.16. The first-order valence-electron chi connectivity index (χ1n) is 8.10. The summed E-state index contributed by atoms with van der Waals surface area (Å²) in [5.74, 6) is 0.905. The van der Waals surface area contributed by atoms with Gasteiger partial charge in [-0.15, -0.1) is 0 Å². The number of nitrogens with zero attached hydrogens (tertiary/aromatic N) is 5. The average Bonchev–Trinajstić information content (AvgIpc) is 3.25. The number of aryl methyl sites for hydroxylation is 1. The molecule has 4 heterocycles. The van der Waals surface area contributed by atoms with E-state index in [2.05, 4.69) is 20.4 Å². The van der Waals surface area contributed by atoms with Crippen molar-refractivity contribution in [2.24, 2.45) is 0 Å². The van der Waals surface area contributed by atoms with E-state index < -0.39 is 0 Å². The molecular formula is C17H18N6O2. The molecule has 0 spiro atoms. The zero-order valence-corrected chi connectivity index (χ0v) is 13.8. The number of aromatic nitrogens is 4. The van der Waals surface area contributed by atoms with Crippen molar-refractivity contribution < 1.29 is 9.21 Å². The van der Waals surface area contributed by atoms with Crippen LogP contribution < -0.4 is 5.32 Å². The molecule has 0 bridgehead atoms. The fourth-order valence-corrected chi connectivity index (χ4v) is 2.88. The molecule has 1 aliphatic heterocycles. The Bertz CT molecular complexity index is 886. The molecule has 0 unspecified atom stereocenters. The van der Waals surface area contributed by atoms with Gasteiger partial charge in [-0.1, -0.05) is 0 Å².